The van der Waals surface area contributed by atoms with Crippen molar-refractivity contribution < 1.29 is 9.13 Å². The van der Waals surface area contributed by atoms with Crippen molar-refractivity contribution in [3.63, 3.8) is 0 Å². The van der Waals surface area contributed by atoms with Crippen LogP contribution in [0.1, 0.15) is 17.3 Å². The molecule has 0 amide bonds. The third kappa shape index (κ3) is 1.78. The van der Waals surface area contributed by atoms with Gasteiger partial charge in [-0.25, -0.2) is 4.39 Å². The van der Waals surface area contributed by atoms with Gasteiger partial charge in [-0.15, -0.1) is 0 Å². The molecular formula is C9H10BrFO. The highest BCUT2D eigenvalue weighted by Gasteiger charge is 2.12. The summed E-state index contributed by atoms with van der Waals surface area (Å²) in [6.45, 7) is 1.86. The van der Waals surface area contributed by atoms with E-state index in [9.17, 15) is 4.39 Å². The molecule has 1 aromatic carbocycles. The summed E-state index contributed by atoms with van der Waals surface area (Å²) in [5, 5.41) is 0. The van der Waals surface area contributed by atoms with Crippen molar-refractivity contribution in [2.75, 3.05) is 7.11 Å². The van der Waals surface area contributed by atoms with Crippen molar-refractivity contribution in [2.45, 2.75) is 11.8 Å². The number of benzene rings is 1. The van der Waals surface area contributed by atoms with E-state index >= 15 is 0 Å². The zero-order valence-electron chi connectivity index (χ0n) is 6.97. The van der Waals surface area contributed by atoms with Crippen LogP contribution in [0.15, 0.2) is 18.2 Å². The maximum Gasteiger partial charge on any atom is 0.131 e. The molecule has 1 nitrogen and oxygen atoms in total. The van der Waals surface area contributed by atoms with Gasteiger partial charge in [0, 0.05) is 10.4 Å². The lowest BCUT2D eigenvalue weighted by Gasteiger charge is -2.10. The highest BCUT2D eigenvalue weighted by atomic mass is 79.9. The molecule has 0 aliphatic heterocycles. The van der Waals surface area contributed by atoms with Crippen molar-refractivity contribution in [1.29, 1.82) is 0 Å². The van der Waals surface area contributed by atoms with Gasteiger partial charge in [-0.05, 0) is 19.1 Å². The first-order valence-electron chi connectivity index (χ1n) is 3.63. The van der Waals surface area contributed by atoms with Crippen LogP contribution in [0.5, 0.6) is 5.75 Å². The van der Waals surface area contributed by atoms with E-state index in [1.54, 1.807) is 12.1 Å². The first kappa shape index (κ1) is 9.52. The fourth-order valence-corrected chi connectivity index (χ4v) is 1.53. The SMILES string of the molecule is COc1cccc(F)c1C(C)Br. The third-order valence-corrected chi connectivity index (χ3v) is 2.09. The lowest BCUT2D eigenvalue weighted by atomic mass is 10.1. The quantitative estimate of drug-likeness (QED) is 0.712. The van der Waals surface area contributed by atoms with Gasteiger partial charge in [-0.2, -0.15) is 0 Å². The summed E-state index contributed by atoms with van der Waals surface area (Å²) in [5.41, 5.74) is 0.569. The lowest BCUT2D eigenvalue weighted by Crippen LogP contribution is -1.95. The summed E-state index contributed by atoms with van der Waals surface area (Å²) < 4.78 is 18.2. The maximum absolute atomic E-state index is 13.2. The molecule has 0 saturated heterocycles. The number of alkyl halides is 1. The molecule has 1 rings (SSSR count). The monoisotopic (exact) mass is 232 g/mol. The van der Waals surface area contributed by atoms with Gasteiger partial charge < -0.3 is 4.74 Å². The van der Waals surface area contributed by atoms with Gasteiger partial charge in [0.15, 0.2) is 0 Å². The van der Waals surface area contributed by atoms with Crippen LogP contribution in [0.4, 0.5) is 4.39 Å². The second-order valence-electron chi connectivity index (χ2n) is 2.47. The summed E-state index contributed by atoms with van der Waals surface area (Å²) in [5.74, 6) is 0.345. The number of methoxy groups -OCH3 is 1. The number of rotatable bonds is 2. The predicted molar refractivity (Wildman–Crippen MR) is 50.3 cm³/mol. The zero-order chi connectivity index (χ0) is 9.14. The number of halogens is 2. The van der Waals surface area contributed by atoms with Crippen LogP contribution >= 0.6 is 15.9 Å². The molecule has 0 bridgehead atoms. The minimum Gasteiger partial charge on any atom is -0.496 e. The first-order valence-corrected chi connectivity index (χ1v) is 4.55. The van der Waals surface area contributed by atoms with Crippen molar-refractivity contribution in [3.05, 3.63) is 29.6 Å². The van der Waals surface area contributed by atoms with Gasteiger partial charge in [0.05, 0.1) is 7.11 Å². The largest absolute Gasteiger partial charge is 0.496 e. The smallest absolute Gasteiger partial charge is 0.131 e. The molecule has 0 heterocycles. The minimum atomic E-state index is -0.237. The van der Waals surface area contributed by atoms with Gasteiger partial charge >= 0.3 is 0 Å². The summed E-state index contributed by atoms with van der Waals surface area (Å²) in [6, 6.07) is 4.80. The van der Waals surface area contributed by atoms with Gasteiger partial charge in [0.25, 0.3) is 0 Å². The molecule has 0 saturated carbocycles. The summed E-state index contributed by atoms with van der Waals surface area (Å²) >= 11 is 3.30. The first-order chi connectivity index (χ1) is 5.66. The zero-order valence-corrected chi connectivity index (χ0v) is 8.56. The highest BCUT2D eigenvalue weighted by Crippen LogP contribution is 2.32. The van der Waals surface area contributed by atoms with E-state index in [0.29, 0.717) is 11.3 Å². The molecule has 0 fully saturated rings. The van der Waals surface area contributed by atoms with E-state index in [2.05, 4.69) is 15.9 Å². The second-order valence-corrected chi connectivity index (χ2v) is 3.85. The summed E-state index contributed by atoms with van der Waals surface area (Å²) in [7, 11) is 1.54. The molecule has 1 aromatic rings. The van der Waals surface area contributed by atoms with Crippen molar-refractivity contribution >= 4 is 15.9 Å². The van der Waals surface area contributed by atoms with Gasteiger partial charge in [0.2, 0.25) is 0 Å². The minimum absolute atomic E-state index is 0.0337. The molecule has 0 N–H and O–H groups in total. The molecule has 0 aliphatic carbocycles. The molecule has 1 atom stereocenters. The molecule has 12 heavy (non-hydrogen) atoms. The Morgan fingerprint density at radius 1 is 1.50 bits per heavy atom. The molecule has 0 radical (unpaired) electrons. The Hall–Kier alpha value is -0.570. The summed E-state index contributed by atoms with van der Waals surface area (Å²) in [4.78, 5) is -0.0337. The average Bonchev–Trinajstić information content (AvgIpc) is 2.03. The van der Waals surface area contributed by atoms with Gasteiger partial charge in [-0.3, -0.25) is 0 Å². The van der Waals surface area contributed by atoms with E-state index in [-0.39, 0.29) is 10.6 Å². The maximum atomic E-state index is 13.2. The van der Waals surface area contributed by atoms with Crippen LogP contribution in [0, 0.1) is 5.82 Å². The number of hydrogen-bond acceptors (Lipinski definition) is 1. The van der Waals surface area contributed by atoms with Gasteiger partial charge in [-0.1, -0.05) is 22.0 Å². The normalized spacial score (nSPS) is 12.7. The molecule has 0 aromatic heterocycles. The molecular weight excluding hydrogens is 223 g/mol. The van der Waals surface area contributed by atoms with Crippen LogP contribution in [-0.2, 0) is 0 Å². The van der Waals surface area contributed by atoms with E-state index in [1.165, 1.54) is 13.2 Å². The Kier molecular flexibility index (Phi) is 3.09. The van der Waals surface area contributed by atoms with Gasteiger partial charge in [0.1, 0.15) is 11.6 Å². The van der Waals surface area contributed by atoms with E-state index in [1.807, 2.05) is 6.92 Å². The Labute approximate surface area is 79.7 Å². The molecule has 1 unspecified atom stereocenters. The Morgan fingerprint density at radius 3 is 2.58 bits per heavy atom. The Morgan fingerprint density at radius 2 is 2.17 bits per heavy atom. The van der Waals surface area contributed by atoms with E-state index in [0.717, 1.165) is 0 Å². The fraction of sp³-hybridized carbons (Fsp3) is 0.333. The van der Waals surface area contributed by atoms with Crippen LogP contribution in [0.3, 0.4) is 0 Å². The Balaban J connectivity index is 3.20. The van der Waals surface area contributed by atoms with Crippen molar-refractivity contribution in [1.82, 2.24) is 0 Å². The second kappa shape index (κ2) is 3.90. The van der Waals surface area contributed by atoms with E-state index in [4.69, 9.17) is 4.74 Å². The van der Waals surface area contributed by atoms with Crippen LogP contribution in [0.2, 0.25) is 0 Å². The highest BCUT2D eigenvalue weighted by molar-refractivity contribution is 9.09. The van der Waals surface area contributed by atoms with Crippen molar-refractivity contribution in [3.8, 4) is 5.75 Å². The van der Waals surface area contributed by atoms with Crippen LogP contribution in [-0.4, -0.2) is 7.11 Å². The fourth-order valence-electron chi connectivity index (χ4n) is 1.08. The van der Waals surface area contributed by atoms with Crippen LogP contribution in [0.25, 0.3) is 0 Å². The predicted octanol–water partition coefficient (Wildman–Crippen LogP) is 3.29. The third-order valence-electron chi connectivity index (χ3n) is 1.63. The lowest BCUT2D eigenvalue weighted by molar-refractivity contribution is 0.405. The number of ether oxygens (including phenoxy) is 1. The van der Waals surface area contributed by atoms with E-state index < -0.39 is 0 Å². The topological polar surface area (TPSA) is 9.23 Å². The molecule has 0 spiro atoms. The molecule has 66 valence electrons. The molecule has 0 aliphatic rings. The summed E-state index contributed by atoms with van der Waals surface area (Å²) in [6.07, 6.45) is 0. The van der Waals surface area contributed by atoms with Crippen molar-refractivity contribution in [2.24, 2.45) is 0 Å². The van der Waals surface area contributed by atoms with Crippen LogP contribution < -0.4 is 4.74 Å². The average molecular weight is 233 g/mol. The number of hydrogen-bond donors (Lipinski definition) is 0. The Bertz CT molecular complexity index is 273. The standard InChI is InChI=1S/C9H10BrFO/c1-6(10)9-7(11)4-3-5-8(9)12-2/h3-6H,1-2H3. The molecule has 3 heteroatoms.